The van der Waals surface area contributed by atoms with Crippen molar-refractivity contribution in [3.05, 3.63) is 23.1 Å². The van der Waals surface area contributed by atoms with Crippen LogP contribution in [0.25, 0.3) is 4.96 Å². The van der Waals surface area contributed by atoms with Crippen LogP contribution in [0.5, 0.6) is 0 Å². The number of H-pyrrole nitrogens is 1. The van der Waals surface area contributed by atoms with E-state index >= 15 is 0 Å². The van der Waals surface area contributed by atoms with Crippen LogP contribution >= 0.6 is 11.3 Å². The van der Waals surface area contributed by atoms with Crippen molar-refractivity contribution in [3.63, 3.8) is 0 Å². The number of hydrogen-bond acceptors (Lipinski definition) is 7. The Morgan fingerprint density at radius 3 is 2.92 bits per heavy atom. The maximum absolute atomic E-state index is 9.04. The predicted octanol–water partition coefficient (Wildman–Crippen LogP) is 2.31. The third-order valence-electron chi connectivity index (χ3n) is 3.67. The van der Waals surface area contributed by atoms with E-state index in [9.17, 15) is 0 Å². The van der Waals surface area contributed by atoms with Gasteiger partial charge >= 0.3 is 0 Å². The van der Waals surface area contributed by atoms with Gasteiger partial charge in [-0.25, -0.2) is 9.50 Å². The normalized spacial score (nSPS) is 11.8. The molecule has 0 aliphatic rings. The molecule has 0 unspecified atom stereocenters. The number of nitrogens with one attached hydrogen (secondary N) is 2. The molecule has 0 saturated carbocycles. The first-order valence-electron chi connectivity index (χ1n) is 7.72. The van der Waals surface area contributed by atoms with Crippen molar-refractivity contribution in [1.29, 1.82) is 5.26 Å². The zero-order valence-electron chi connectivity index (χ0n) is 13.9. The van der Waals surface area contributed by atoms with E-state index in [0.717, 1.165) is 34.4 Å². The molecule has 3 rings (SSSR count). The number of aromatic amines is 1. The van der Waals surface area contributed by atoms with Crippen LogP contribution in [0.4, 0.5) is 10.9 Å². The average molecular weight is 344 g/mol. The molecule has 3 heterocycles. The van der Waals surface area contributed by atoms with Crippen molar-refractivity contribution < 1.29 is 0 Å². The minimum atomic E-state index is 0.0192. The van der Waals surface area contributed by atoms with Crippen molar-refractivity contribution in [2.45, 2.75) is 39.0 Å². The van der Waals surface area contributed by atoms with E-state index in [1.54, 1.807) is 0 Å². The van der Waals surface area contributed by atoms with Gasteiger partial charge in [0.15, 0.2) is 5.82 Å². The second kappa shape index (κ2) is 6.13. The minimum absolute atomic E-state index is 0.0192. The van der Waals surface area contributed by atoms with Gasteiger partial charge in [0.1, 0.15) is 11.6 Å². The third kappa shape index (κ3) is 3.19. The fraction of sp³-hybridized carbons (Fsp3) is 0.467. The zero-order chi connectivity index (χ0) is 17.3. The van der Waals surface area contributed by atoms with Crippen LogP contribution in [0.3, 0.4) is 0 Å². The molecule has 0 saturated heterocycles. The maximum atomic E-state index is 9.04. The second-order valence-electron chi connectivity index (χ2n) is 6.62. The van der Waals surface area contributed by atoms with E-state index < -0.39 is 0 Å². The topological polar surface area (TPSA) is 121 Å². The fourth-order valence-corrected chi connectivity index (χ4v) is 3.10. The molecule has 0 atom stereocenters. The molecule has 0 bridgehead atoms. The molecule has 0 fully saturated rings. The van der Waals surface area contributed by atoms with E-state index in [-0.39, 0.29) is 11.2 Å². The van der Waals surface area contributed by atoms with E-state index in [1.165, 1.54) is 11.3 Å². The van der Waals surface area contributed by atoms with Crippen LogP contribution in [0, 0.1) is 11.3 Å². The number of nitrogen functional groups attached to an aromatic ring is 1. The van der Waals surface area contributed by atoms with Crippen LogP contribution in [0.15, 0.2) is 6.20 Å². The standard InChI is InChI=1S/C15H20N8S/c1-15(2,3)11-8-23-14(19-11)24-13(22-23)18-6-4-5-10-9(7-16)12(17)21-20-10/h8H,4-6H2,1-3H3,(H,18,22)(H3,17,20,21). The molecule has 0 spiro atoms. The lowest BCUT2D eigenvalue weighted by atomic mass is 9.93. The molecule has 0 aromatic carbocycles. The van der Waals surface area contributed by atoms with Gasteiger partial charge in [0, 0.05) is 12.0 Å². The summed E-state index contributed by atoms with van der Waals surface area (Å²) in [5, 5.41) is 24.3. The Balaban J connectivity index is 1.56. The quantitative estimate of drug-likeness (QED) is 0.611. The van der Waals surface area contributed by atoms with Gasteiger partial charge < -0.3 is 11.1 Å². The third-order valence-corrected chi connectivity index (χ3v) is 4.55. The monoisotopic (exact) mass is 344 g/mol. The molecule has 3 aromatic heterocycles. The fourth-order valence-electron chi connectivity index (χ4n) is 2.29. The van der Waals surface area contributed by atoms with Crippen molar-refractivity contribution >= 4 is 27.2 Å². The highest BCUT2D eigenvalue weighted by Crippen LogP contribution is 2.25. The Morgan fingerprint density at radius 1 is 1.46 bits per heavy atom. The minimum Gasteiger partial charge on any atom is -0.381 e. The number of nitrogens with two attached hydrogens (primary N) is 1. The largest absolute Gasteiger partial charge is 0.381 e. The molecule has 4 N–H and O–H groups in total. The number of aryl methyl sites for hydroxylation is 1. The number of nitriles is 1. The number of anilines is 2. The van der Waals surface area contributed by atoms with Crippen molar-refractivity contribution in [1.82, 2.24) is 24.8 Å². The molecule has 0 aliphatic heterocycles. The van der Waals surface area contributed by atoms with Crippen LogP contribution < -0.4 is 11.1 Å². The van der Waals surface area contributed by atoms with Crippen LogP contribution in [-0.2, 0) is 11.8 Å². The zero-order valence-corrected chi connectivity index (χ0v) is 14.7. The lowest BCUT2D eigenvalue weighted by molar-refractivity contribution is 0.572. The first kappa shape index (κ1) is 16.3. The van der Waals surface area contributed by atoms with Crippen LogP contribution in [-0.4, -0.2) is 31.3 Å². The van der Waals surface area contributed by atoms with Gasteiger partial charge in [0.25, 0.3) is 0 Å². The van der Waals surface area contributed by atoms with E-state index in [2.05, 4.69) is 52.4 Å². The van der Waals surface area contributed by atoms with E-state index in [1.807, 2.05) is 10.7 Å². The molecule has 0 amide bonds. The summed E-state index contributed by atoms with van der Waals surface area (Å²) in [6, 6.07) is 2.07. The van der Waals surface area contributed by atoms with Gasteiger partial charge in [-0.1, -0.05) is 32.1 Å². The first-order valence-corrected chi connectivity index (χ1v) is 8.53. The summed E-state index contributed by atoms with van der Waals surface area (Å²) >= 11 is 1.53. The highest BCUT2D eigenvalue weighted by molar-refractivity contribution is 7.20. The number of aromatic nitrogens is 5. The summed E-state index contributed by atoms with van der Waals surface area (Å²) < 4.78 is 1.82. The number of imidazole rings is 1. The first-order chi connectivity index (χ1) is 11.4. The number of fused-ring (bicyclic) bond motifs is 1. The van der Waals surface area contributed by atoms with Crippen LogP contribution in [0.2, 0.25) is 0 Å². The summed E-state index contributed by atoms with van der Waals surface area (Å²) in [6.45, 7) is 7.15. The summed E-state index contributed by atoms with van der Waals surface area (Å²) in [4.78, 5) is 5.51. The van der Waals surface area contributed by atoms with E-state index in [0.29, 0.717) is 12.0 Å². The van der Waals surface area contributed by atoms with Gasteiger partial charge in [0.2, 0.25) is 10.1 Å². The van der Waals surface area contributed by atoms with E-state index in [4.69, 9.17) is 11.0 Å². The van der Waals surface area contributed by atoms with Crippen molar-refractivity contribution in [3.8, 4) is 6.07 Å². The van der Waals surface area contributed by atoms with Gasteiger partial charge in [-0.15, -0.1) is 5.10 Å². The van der Waals surface area contributed by atoms with Gasteiger partial charge in [0.05, 0.1) is 17.6 Å². The molecule has 9 heteroatoms. The summed E-state index contributed by atoms with van der Waals surface area (Å²) in [7, 11) is 0. The summed E-state index contributed by atoms with van der Waals surface area (Å²) in [6.07, 6.45) is 3.52. The molecule has 24 heavy (non-hydrogen) atoms. The molecule has 126 valence electrons. The van der Waals surface area contributed by atoms with Gasteiger partial charge in [-0.3, -0.25) is 5.10 Å². The Hall–Kier alpha value is -2.60. The predicted molar refractivity (Wildman–Crippen MR) is 94.1 cm³/mol. The van der Waals surface area contributed by atoms with Gasteiger partial charge in [-0.2, -0.15) is 10.4 Å². The Kier molecular flexibility index (Phi) is 4.15. The smallest absolute Gasteiger partial charge is 0.214 e. The highest BCUT2D eigenvalue weighted by atomic mass is 32.1. The number of hydrogen-bond donors (Lipinski definition) is 3. The average Bonchev–Trinajstić information content (AvgIpc) is 3.15. The second-order valence-corrected chi connectivity index (χ2v) is 7.57. The van der Waals surface area contributed by atoms with Gasteiger partial charge in [-0.05, 0) is 12.8 Å². The lowest BCUT2D eigenvalue weighted by Crippen LogP contribution is -2.11. The molecular weight excluding hydrogens is 324 g/mol. The SMILES string of the molecule is CC(C)(C)c1cn2nc(NCCCc3[nH]nc(N)c3C#N)sc2n1. The number of rotatable bonds is 5. The summed E-state index contributed by atoms with van der Waals surface area (Å²) in [5.41, 5.74) is 7.90. The number of nitrogens with zero attached hydrogens (tertiary/aromatic N) is 5. The maximum Gasteiger partial charge on any atom is 0.214 e. The Morgan fingerprint density at radius 2 is 2.25 bits per heavy atom. The van der Waals surface area contributed by atoms with Crippen molar-refractivity contribution in [2.24, 2.45) is 0 Å². The molecular formula is C15H20N8S. The Labute approximate surface area is 143 Å². The van der Waals surface area contributed by atoms with Crippen LogP contribution in [0.1, 0.15) is 44.1 Å². The molecule has 3 aromatic rings. The summed E-state index contributed by atoms with van der Waals surface area (Å²) in [5.74, 6) is 0.260. The molecule has 0 radical (unpaired) electrons. The molecule has 0 aliphatic carbocycles. The van der Waals surface area contributed by atoms with Crippen molar-refractivity contribution in [2.75, 3.05) is 17.6 Å². The molecule has 8 nitrogen and oxygen atoms in total. The highest BCUT2D eigenvalue weighted by Gasteiger charge is 2.19. The lowest BCUT2D eigenvalue weighted by Gasteiger charge is -2.13. The Bertz CT molecular complexity index is 857.